The summed E-state index contributed by atoms with van der Waals surface area (Å²) in [4.78, 5) is 34.6. The Labute approximate surface area is 154 Å². The molecule has 0 radical (unpaired) electrons. The van der Waals surface area contributed by atoms with E-state index in [1.54, 1.807) is 18.2 Å². The molecule has 138 valence electrons. The third kappa shape index (κ3) is 4.30. The number of nitro groups is 1. The van der Waals surface area contributed by atoms with Gasteiger partial charge in [-0.3, -0.25) is 19.7 Å². The van der Waals surface area contributed by atoms with E-state index in [-0.39, 0.29) is 11.3 Å². The monoisotopic (exact) mass is 368 g/mol. The Bertz CT molecular complexity index is 934. The van der Waals surface area contributed by atoms with Crippen molar-refractivity contribution in [3.8, 4) is 11.5 Å². The summed E-state index contributed by atoms with van der Waals surface area (Å²) in [5.74, 6) is 0.141. The van der Waals surface area contributed by atoms with Crippen LogP contribution < -0.4 is 14.8 Å². The van der Waals surface area contributed by atoms with Gasteiger partial charge in [0, 0.05) is 17.8 Å². The molecule has 0 fully saturated rings. The minimum atomic E-state index is -0.605. The van der Waals surface area contributed by atoms with Crippen LogP contribution in [0.2, 0.25) is 0 Å². The van der Waals surface area contributed by atoms with Crippen molar-refractivity contribution >= 4 is 29.1 Å². The van der Waals surface area contributed by atoms with E-state index in [0.29, 0.717) is 36.0 Å². The van der Waals surface area contributed by atoms with Crippen LogP contribution in [0.4, 0.5) is 11.4 Å². The summed E-state index contributed by atoms with van der Waals surface area (Å²) < 4.78 is 10.9. The fourth-order valence-electron chi connectivity index (χ4n) is 2.51. The van der Waals surface area contributed by atoms with Crippen LogP contribution >= 0.6 is 0 Å². The summed E-state index contributed by atoms with van der Waals surface area (Å²) in [6, 6.07) is 10.5. The SMILES string of the molecule is CC(=O)/C(=C\c1ccc2c(c1)OCCO2)C(=O)Nc1ccc([N+](=O)[O-])cc1. The summed E-state index contributed by atoms with van der Waals surface area (Å²) in [6.07, 6.45) is 1.46. The number of hydrogen-bond donors (Lipinski definition) is 1. The van der Waals surface area contributed by atoms with Crippen molar-refractivity contribution in [1.29, 1.82) is 0 Å². The maximum atomic E-state index is 12.5. The molecule has 0 atom stereocenters. The first-order valence-corrected chi connectivity index (χ1v) is 8.12. The predicted molar refractivity (Wildman–Crippen MR) is 97.8 cm³/mol. The molecule has 27 heavy (non-hydrogen) atoms. The Hall–Kier alpha value is -3.68. The first-order valence-electron chi connectivity index (χ1n) is 8.12. The molecule has 0 bridgehead atoms. The number of ketones is 1. The van der Waals surface area contributed by atoms with Crippen LogP contribution in [0, 0.1) is 10.1 Å². The van der Waals surface area contributed by atoms with Gasteiger partial charge in [0.15, 0.2) is 17.3 Å². The number of carbonyl (C=O) groups excluding carboxylic acids is 2. The van der Waals surface area contributed by atoms with E-state index in [2.05, 4.69) is 5.32 Å². The summed E-state index contributed by atoms with van der Waals surface area (Å²) in [6.45, 7) is 2.19. The predicted octanol–water partition coefficient (Wildman–Crippen LogP) is 2.98. The summed E-state index contributed by atoms with van der Waals surface area (Å²) in [7, 11) is 0. The van der Waals surface area contributed by atoms with Gasteiger partial charge in [0.1, 0.15) is 13.2 Å². The molecule has 0 unspecified atom stereocenters. The number of non-ortho nitro benzene ring substituents is 1. The van der Waals surface area contributed by atoms with Crippen LogP contribution in [0.1, 0.15) is 12.5 Å². The van der Waals surface area contributed by atoms with Crippen LogP contribution in [-0.2, 0) is 9.59 Å². The molecule has 0 saturated heterocycles. The molecular weight excluding hydrogens is 352 g/mol. The molecule has 0 spiro atoms. The molecule has 1 heterocycles. The Morgan fingerprint density at radius 3 is 2.37 bits per heavy atom. The molecular formula is C19H16N2O6. The van der Waals surface area contributed by atoms with Crippen LogP contribution in [-0.4, -0.2) is 29.8 Å². The quantitative estimate of drug-likeness (QED) is 0.286. The van der Waals surface area contributed by atoms with Gasteiger partial charge in [-0.05, 0) is 42.8 Å². The maximum absolute atomic E-state index is 12.5. The number of carbonyl (C=O) groups is 2. The zero-order chi connectivity index (χ0) is 19.4. The van der Waals surface area contributed by atoms with Crippen LogP contribution in [0.15, 0.2) is 48.0 Å². The number of benzene rings is 2. The molecule has 0 aromatic heterocycles. The fourth-order valence-corrected chi connectivity index (χ4v) is 2.51. The van der Waals surface area contributed by atoms with Crippen LogP contribution in [0.3, 0.4) is 0 Å². The first kappa shape index (κ1) is 18.1. The van der Waals surface area contributed by atoms with Crippen molar-refractivity contribution in [2.45, 2.75) is 6.92 Å². The number of nitrogens with zero attached hydrogens (tertiary/aromatic N) is 1. The van der Waals surface area contributed by atoms with Gasteiger partial charge < -0.3 is 14.8 Å². The molecule has 1 N–H and O–H groups in total. The number of hydrogen-bond acceptors (Lipinski definition) is 6. The molecule has 3 rings (SSSR count). The zero-order valence-electron chi connectivity index (χ0n) is 14.4. The Kier molecular flexibility index (Phi) is 5.16. The fraction of sp³-hybridized carbons (Fsp3) is 0.158. The average Bonchev–Trinajstić information content (AvgIpc) is 2.66. The lowest BCUT2D eigenvalue weighted by atomic mass is 10.1. The second-order valence-corrected chi connectivity index (χ2v) is 5.78. The van der Waals surface area contributed by atoms with E-state index in [4.69, 9.17) is 9.47 Å². The van der Waals surface area contributed by atoms with Gasteiger partial charge in [0.2, 0.25) is 0 Å². The van der Waals surface area contributed by atoms with Crippen molar-refractivity contribution < 1.29 is 24.0 Å². The topological polar surface area (TPSA) is 108 Å². The number of nitrogens with one attached hydrogen (secondary N) is 1. The van der Waals surface area contributed by atoms with Gasteiger partial charge in [0.05, 0.1) is 10.5 Å². The largest absolute Gasteiger partial charge is 0.486 e. The van der Waals surface area contributed by atoms with Crippen molar-refractivity contribution in [3.05, 3.63) is 63.7 Å². The second-order valence-electron chi connectivity index (χ2n) is 5.78. The molecule has 1 aliphatic heterocycles. The van der Waals surface area contributed by atoms with Gasteiger partial charge >= 0.3 is 0 Å². The molecule has 8 heteroatoms. The molecule has 0 aliphatic carbocycles. The van der Waals surface area contributed by atoms with E-state index >= 15 is 0 Å². The number of fused-ring (bicyclic) bond motifs is 1. The van der Waals surface area contributed by atoms with Gasteiger partial charge in [0.25, 0.3) is 11.6 Å². The van der Waals surface area contributed by atoms with Crippen molar-refractivity contribution in [1.82, 2.24) is 0 Å². The van der Waals surface area contributed by atoms with Crippen LogP contribution in [0.25, 0.3) is 6.08 Å². The van der Waals surface area contributed by atoms with Crippen molar-refractivity contribution in [2.24, 2.45) is 0 Å². The number of ether oxygens (including phenoxy) is 2. The lowest BCUT2D eigenvalue weighted by Crippen LogP contribution is -2.19. The number of amides is 1. The van der Waals surface area contributed by atoms with E-state index in [0.717, 1.165) is 0 Å². The van der Waals surface area contributed by atoms with E-state index in [1.807, 2.05) is 0 Å². The Morgan fingerprint density at radius 1 is 1.07 bits per heavy atom. The zero-order valence-corrected chi connectivity index (χ0v) is 14.4. The van der Waals surface area contributed by atoms with Gasteiger partial charge in [-0.1, -0.05) is 6.07 Å². The second kappa shape index (κ2) is 7.69. The number of rotatable bonds is 5. The first-order chi connectivity index (χ1) is 12.9. The van der Waals surface area contributed by atoms with Crippen molar-refractivity contribution in [3.63, 3.8) is 0 Å². The third-order valence-electron chi connectivity index (χ3n) is 3.84. The smallest absolute Gasteiger partial charge is 0.269 e. The van der Waals surface area contributed by atoms with Crippen LogP contribution in [0.5, 0.6) is 11.5 Å². The Balaban J connectivity index is 1.82. The van der Waals surface area contributed by atoms with Gasteiger partial charge in [-0.25, -0.2) is 0 Å². The van der Waals surface area contributed by atoms with Crippen molar-refractivity contribution in [2.75, 3.05) is 18.5 Å². The molecule has 1 amide bonds. The van der Waals surface area contributed by atoms with E-state index < -0.39 is 16.6 Å². The normalized spacial score (nSPS) is 13.0. The summed E-state index contributed by atoms with van der Waals surface area (Å²) in [5, 5.41) is 13.2. The van der Waals surface area contributed by atoms with E-state index in [1.165, 1.54) is 37.3 Å². The maximum Gasteiger partial charge on any atom is 0.269 e. The third-order valence-corrected chi connectivity index (χ3v) is 3.84. The highest BCUT2D eigenvalue weighted by molar-refractivity contribution is 6.25. The lowest BCUT2D eigenvalue weighted by Gasteiger charge is -2.18. The molecule has 0 saturated carbocycles. The molecule has 2 aromatic rings. The lowest BCUT2D eigenvalue weighted by molar-refractivity contribution is -0.384. The van der Waals surface area contributed by atoms with Gasteiger partial charge in [-0.2, -0.15) is 0 Å². The average molecular weight is 368 g/mol. The summed E-state index contributed by atoms with van der Waals surface area (Å²) >= 11 is 0. The molecule has 1 aliphatic rings. The number of anilines is 1. The molecule has 8 nitrogen and oxygen atoms in total. The highest BCUT2D eigenvalue weighted by atomic mass is 16.6. The number of nitro benzene ring substituents is 1. The Morgan fingerprint density at radius 2 is 1.74 bits per heavy atom. The minimum absolute atomic E-state index is 0.0509. The standard InChI is InChI=1S/C19H16N2O6/c1-12(22)16(10-13-2-7-17-18(11-13)27-9-8-26-17)19(23)20-14-3-5-15(6-4-14)21(24)25/h2-7,10-11H,8-9H2,1H3,(H,20,23)/b16-10+. The minimum Gasteiger partial charge on any atom is -0.486 e. The number of Topliss-reactive ketones (excluding diaryl/α,β-unsaturated/α-hetero) is 1. The van der Waals surface area contributed by atoms with E-state index in [9.17, 15) is 19.7 Å². The highest BCUT2D eigenvalue weighted by Gasteiger charge is 2.17. The highest BCUT2D eigenvalue weighted by Crippen LogP contribution is 2.31. The molecule has 2 aromatic carbocycles. The summed E-state index contributed by atoms with van der Waals surface area (Å²) in [5.41, 5.74) is 0.819. The van der Waals surface area contributed by atoms with Gasteiger partial charge in [-0.15, -0.1) is 0 Å².